The van der Waals surface area contributed by atoms with Gasteiger partial charge in [-0.15, -0.1) is 0 Å². The van der Waals surface area contributed by atoms with Gasteiger partial charge in [-0.25, -0.2) is 4.98 Å². The molecule has 0 bridgehead atoms. The third-order valence-electron chi connectivity index (χ3n) is 7.86. The zero-order chi connectivity index (χ0) is 20.8. The van der Waals surface area contributed by atoms with Crippen LogP contribution in [0.3, 0.4) is 0 Å². The number of likely N-dealkylation sites (tertiary alicyclic amines) is 1. The molecule has 2 aliphatic carbocycles. The molecule has 5 rings (SSSR count). The number of nitrogens with one attached hydrogen (secondary N) is 1. The van der Waals surface area contributed by atoms with E-state index in [2.05, 4.69) is 9.88 Å². The minimum atomic E-state index is -0.300. The number of piperidine rings is 1. The van der Waals surface area contributed by atoms with Gasteiger partial charge in [-0.2, -0.15) is 0 Å². The lowest BCUT2D eigenvalue weighted by atomic mass is 9.67. The Morgan fingerprint density at radius 2 is 1.87 bits per heavy atom. The van der Waals surface area contributed by atoms with Gasteiger partial charge < -0.3 is 19.3 Å². The Bertz CT molecular complexity index is 864. The second-order valence-electron chi connectivity index (χ2n) is 9.46. The number of nitrogens with zero attached hydrogens (tertiary/aromatic N) is 3. The molecule has 2 saturated heterocycles. The van der Waals surface area contributed by atoms with Crippen LogP contribution >= 0.6 is 0 Å². The fraction of sp³-hybridized carbons (Fsp3) is 0.773. The van der Waals surface area contributed by atoms with Crippen molar-refractivity contribution >= 4 is 11.9 Å². The molecular formula is C22H32N4O4. The minimum absolute atomic E-state index is 0.00499. The fourth-order valence-corrected chi connectivity index (χ4v) is 5.82. The van der Waals surface area contributed by atoms with E-state index >= 15 is 0 Å². The molecule has 3 heterocycles. The number of carbonyl (C=O) groups is 1. The van der Waals surface area contributed by atoms with Gasteiger partial charge in [-0.3, -0.25) is 14.6 Å². The predicted octanol–water partition coefficient (Wildman–Crippen LogP) is 1.23. The zero-order valence-corrected chi connectivity index (χ0v) is 17.9. The number of amides is 1. The molecule has 30 heavy (non-hydrogen) atoms. The van der Waals surface area contributed by atoms with Crippen LogP contribution in [0.2, 0.25) is 0 Å². The van der Waals surface area contributed by atoms with Crippen LogP contribution in [-0.2, 0) is 26.1 Å². The summed E-state index contributed by atoms with van der Waals surface area (Å²) in [5.41, 5.74) is 1.46. The second kappa shape index (κ2) is 7.64. The standard InChI is InChI=1S/C22H32N4O4/c1-29-15-22(4-2-5-22)19(28)25-9-7-21(8-10-25)6-3-16-17(21)23-20(24-18(16)27)26-11-13-30-14-12-26/h2-15H2,1H3,(H,23,24,27). The van der Waals surface area contributed by atoms with Crippen LogP contribution in [-0.4, -0.2) is 73.9 Å². The maximum Gasteiger partial charge on any atom is 0.255 e. The summed E-state index contributed by atoms with van der Waals surface area (Å²) in [5.74, 6) is 0.937. The predicted molar refractivity (Wildman–Crippen MR) is 112 cm³/mol. The summed E-state index contributed by atoms with van der Waals surface area (Å²) in [5, 5.41) is 0. The molecule has 0 unspecified atom stereocenters. The lowest BCUT2D eigenvalue weighted by Crippen LogP contribution is -2.54. The van der Waals surface area contributed by atoms with Crippen molar-refractivity contribution in [2.45, 2.75) is 50.4 Å². The number of methoxy groups -OCH3 is 1. The third kappa shape index (κ3) is 3.15. The molecule has 4 aliphatic rings. The topological polar surface area (TPSA) is 87.8 Å². The van der Waals surface area contributed by atoms with Crippen molar-refractivity contribution < 1.29 is 14.3 Å². The monoisotopic (exact) mass is 416 g/mol. The number of hydrogen-bond acceptors (Lipinski definition) is 6. The number of rotatable bonds is 4. The normalized spacial score (nSPS) is 24.6. The van der Waals surface area contributed by atoms with Gasteiger partial charge in [0.1, 0.15) is 0 Å². The van der Waals surface area contributed by atoms with Crippen molar-refractivity contribution in [2.24, 2.45) is 5.41 Å². The molecule has 1 N–H and O–H groups in total. The second-order valence-corrected chi connectivity index (χ2v) is 9.46. The summed E-state index contributed by atoms with van der Waals surface area (Å²) in [7, 11) is 1.68. The Morgan fingerprint density at radius 1 is 1.13 bits per heavy atom. The van der Waals surface area contributed by atoms with Crippen LogP contribution in [0.5, 0.6) is 0 Å². The maximum atomic E-state index is 13.2. The van der Waals surface area contributed by atoms with Crippen molar-refractivity contribution in [3.05, 3.63) is 21.6 Å². The van der Waals surface area contributed by atoms with Gasteiger partial charge in [0.05, 0.1) is 30.9 Å². The molecule has 164 valence electrons. The average Bonchev–Trinajstić information content (AvgIpc) is 3.10. The lowest BCUT2D eigenvalue weighted by Gasteiger charge is -2.46. The number of carbonyl (C=O) groups excluding carboxylic acids is 1. The van der Waals surface area contributed by atoms with Gasteiger partial charge in [0.25, 0.3) is 5.56 Å². The molecule has 1 aromatic rings. The van der Waals surface area contributed by atoms with Gasteiger partial charge >= 0.3 is 0 Å². The molecule has 1 amide bonds. The smallest absolute Gasteiger partial charge is 0.255 e. The molecule has 1 spiro atoms. The highest BCUT2D eigenvalue weighted by Crippen LogP contribution is 2.47. The van der Waals surface area contributed by atoms with Gasteiger partial charge in [-0.1, -0.05) is 6.42 Å². The molecular weight excluding hydrogens is 384 g/mol. The van der Waals surface area contributed by atoms with Crippen LogP contribution in [0, 0.1) is 5.41 Å². The van der Waals surface area contributed by atoms with E-state index in [0.29, 0.717) is 25.8 Å². The summed E-state index contributed by atoms with van der Waals surface area (Å²) >= 11 is 0. The molecule has 0 atom stereocenters. The lowest BCUT2D eigenvalue weighted by molar-refractivity contribution is -0.153. The Labute approximate surface area is 176 Å². The van der Waals surface area contributed by atoms with E-state index in [1.807, 2.05) is 4.90 Å². The number of ether oxygens (including phenoxy) is 2. The summed E-state index contributed by atoms with van der Waals surface area (Å²) in [6.07, 6.45) is 6.48. The summed E-state index contributed by atoms with van der Waals surface area (Å²) in [6, 6.07) is 0. The van der Waals surface area contributed by atoms with Gasteiger partial charge in [0.2, 0.25) is 11.9 Å². The van der Waals surface area contributed by atoms with E-state index < -0.39 is 0 Å². The fourth-order valence-electron chi connectivity index (χ4n) is 5.82. The van der Waals surface area contributed by atoms with Crippen LogP contribution in [0.4, 0.5) is 5.95 Å². The van der Waals surface area contributed by atoms with Crippen molar-refractivity contribution in [2.75, 3.05) is 58.0 Å². The highest BCUT2D eigenvalue weighted by atomic mass is 16.5. The minimum Gasteiger partial charge on any atom is -0.384 e. The number of fused-ring (bicyclic) bond motifs is 2. The van der Waals surface area contributed by atoms with Crippen molar-refractivity contribution in [3.63, 3.8) is 0 Å². The number of hydrogen-bond donors (Lipinski definition) is 1. The van der Waals surface area contributed by atoms with E-state index in [1.165, 1.54) is 0 Å². The van der Waals surface area contributed by atoms with Crippen molar-refractivity contribution in [1.29, 1.82) is 0 Å². The van der Waals surface area contributed by atoms with Crippen LogP contribution in [0.25, 0.3) is 0 Å². The largest absolute Gasteiger partial charge is 0.384 e. The van der Waals surface area contributed by atoms with E-state index in [9.17, 15) is 9.59 Å². The molecule has 1 saturated carbocycles. The molecule has 1 aromatic heterocycles. The molecule has 8 heteroatoms. The Morgan fingerprint density at radius 3 is 2.50 bits per heavy atom. The van der Waals surface area contributed by atoms with Crippen molar-refractivity contribution in [3.8, 4) is 0 Å². The number of aromatic amines is 1. The number of morpholine rings is 1. The van der Waals surface area contributed by atoms with Gasteiger partial charge in [0.15, 0.2) is 0 Å². The quantitative estimate of drug-likeness (QED) is 0.794. The summed E-state index contributed by atoms with van der Waals surface area (Å²) in [6.45, 7) is 4.82. The first-order chi connectivity index (χ1) is 14.6. The molecule has 0 aromatic carbocycles. The third-order valence-corrected chi connectivity index (χ3v) is 7.86. The Hall–Kier alpha value is -1.93. The highest BCUT2D eigenvalue weighted by Gasteiger charge is 2.50. The molecule has 0 radical (unpaired) electrons. The summed E-state index contributed by atoms with van der Waals surface area (Å²) < 4.78 is 10.8. The number of aromatic nitrogens is 2. The van der Waals surface area contributed by atoms with E-state index in [1.54, 1.807) is 7.11 Å². The Balaban J connectivity index is 1.35. The van der Waals surface area contributed by atoms with Crippen LogP contribution in [0.1, 0.15) is 49.8 Å². The number of anilines is 1. The van der Waals surface area contributed by atoms with Gasteiger partial charge in [-0.05, 0) is 38.5 Å². The Kier molecular flexibility index (Phi) is 5.09. The SMILES string of the molecule is COCC1(C(=O)N2CCC3(CCc4c3nc(N3CCOCC3)[nH]c4=O)CC2)CCC1. The van der Waals surface area contributed by atoms with Crippen molar-refractivity contribution in [1.82, 2.24) is 14.9 Å². The first kappa shape index (κ1) is 20.0. The van der Waals surface area contributed by atoms with E-state index in [0.717, 1.165) is 82.4 Å². The van der Waals surface area contributed by atoms with E-state index in [4.69, 9.17) is 14.5 Å². The van der Waals surface area contributed by atoms with E-state index in [-0.39, 0.29) is 22.3 Å². The number of H-pyrrole nitrogens is 1. The molecule has 8 nitrogen and oxygen atoms in total. The highest BCUT2D eigenvalue weighted by molar-refractivity contribution is 5.84. The molecule has 3 fully saturated rings. The average molecular weight is 417 g/mol. The first-order valence-electron chi connectivity index (χ1n) is 11.3. The summed E-state index contributed by atoms with van der Waals surface area (Å²) in [4.78, 5) is 38.1. The van der Waals surface area contributed by atoms with Crippen LogP contribution < -0.4 is 10.5 Å². The zero-order valence-electron chi connectivity index (χ0n) is 17.9. The first-order valence-corrected chi connectivity index (χ1v) is 11.3. The van der Waals surface area contributed by atoms with Gasteiger partial charge in [0, 0.05) is 44.3 Å². The van der Waals surface area contributed by atoms with Crippen LogP contribution in [0.15, 0.2) is 4.79 Å². The molecule has 2 aliphatic heterocycles. The maximum absolute atomic E-state index is 13.2.